The van der Waals surface area contributed by atoms with Gasteiger partial charge in [-0.05, 0) is 113 Å². The standard InChI is InChI=1S/C32H33BrFN3O2S/c33-28-17-21(1-8-29(28)39-27-9-13-35-14-10-27)20-37-15-11-26(12-16-37)36-32(38)31-19-24-3-2-23(18-30(24)40-31)22-4-6-25(34)7-5-22/h1-8,17-19,26-27,35H,9-16,20H2,(H,36,38). The molecule has 0 atom stereocenters. The van der Waals surface area contributed by atoms with E-state index < -0.39 is 0 Å². The van der Waals surface area contributed by atoms with Crippen LogP contribution in [0.25, 0.3) is 21.2 Å². The molecule has 2 fully saturated rings. The van der Waals surface area contributed by atoms with E-state index in [2.05, 4.69) is 55.7 Å². The highest BCUT2D eigenvalue weighted by molar-refractivity contribution is 9.10. The number of halogens is 2. The molecule has 0 saturated carbocycles. The Morgan fingerprint density at radius 3 is 2.48 bits per heavy atom. The molecule has 3 aromatic carbocycles. The van der Waals surface area contributed by atoms with Crippen LogP contribution in [0.15, 0.2) is 71.2 Å². The minimum atomic E-state index is -0.245. The van der Waals surface area contributed by atoms with Crippen LogP contribution in [0.5, 0.6) is 5.75 Å². The average Bonchev–Trinajstić information content (AvgIpc) is 3.40. The van der Waals surface area contributed by atoms with Crippen molar-refractivity contribution in [3.63, 3.8) is 0 Å². The summed E-state index contributed by atoms with van der Waals surface area (Å²) >= 11 is 5.22. The van der Waals surface area contributed by atoms with Crippen LogP contribution < -0.4 is 15.4 Å². The van der Waals surface area contributed by atoms with Crippen molar-refractivity contribution in [3.8, 4) is 16.9 Å². The Morgan fingerprint density at radius 2 is 1.73 bits per heavy atom. The molecule has 4 aromatic rings. The smallest absolute Gasteiger partial charge is 0.261 e. The van der Waals surface area contributed by atoms with Gasteiger partial charge in [0.05, 0.1) is 9.35 Å². The minimum absolute atomic E-state index is 0.00347. The number of likely N-dealkylation sites (tertiary alicyclic amines) is 1. The van der Waals surface area contributed by atoms with E-state index in [9.17, 15) is 9.18 Å². The summed E-state index contributed by atoms with van der Waals surface area (Å²) in [6.07, 6.45) is 4.23. The SMILES string of the molecule is O=C(NC1CCN(Cc2ccc(OC3CCNCC3)c(Br)c2)CC1)c1cc2ccc(-c3ccc(F)cc3)cc2s1. The summed E-state index contributed by atoms with van der Waals surface area (Å²) in [5.41, 5.74) is 3.24. The first-order chi connectivity index (χ1) is 19.5. The Morgan fingerprint density at radius 1 is 0.975 bits per heavy atom. The summed E-state index contributed by atoms with van der Waals surface area (Å²) in [6, 6.07) is 21.2. The van der Waals surface area contributed by atoms with Crippen LogP contribution in [-0.2, 0) is 6.54 Å². The van der Waals surface area contributed by atoms with Crippen molar-refractivity contribution in [2.24, 2.45) is 0 Å². The van der Waals surface area contributed by atoms with Crippen LogP contribution in [0.3, 0.4) is 0 Å². The van der Waals surface area contributed by atoms with Gasteiger partial charge in [-0.2, -0.15) is 0 Å². The number of hydrogen-bond acceptors (Lipinski definition) is 5. The van der Waals surface area contributed by atoms with Crippen molar-refractivity contribution in [1.29, 1.82) is 0 Å². The first kappa shape index (κ1) is 27.4. The Hall–Kier alpha value is -2.78. The molecule has 2 aliphatic rings. The van der Waals surface area contributed by atoms with Gasteiger partial charge in [0.1, 0.15) is 17.7 Å². The van der Waals surface area contributed by atoms with Gasteiger partial charge in [-0.15, -0.1) is 11.3 Å². The third-order valence-electron chi connectivity index (χ3n) is 7.83. The number of piperidine rings is 2. The summed E-state index contributed by atoms with van der Waals surface area (Å²) in [5, 5.41) is 7.69. The zero-order valence-corrected chi connectivity index (χ0v) is 24.7. The summed E-state index contributed by atoms with van der Waals surface area (Å²) in [4.78, 5) is 16.3. The van der Waals surface area contributed by atoms with E-state index >= 15 is 0 Å². The van der Waals surface area contributed by atoms with Crippen LogP contribution in [0, 0.1) is 5.82 Å². The molecule has 2 N–H and O–H groups in total. The van der Waals surface area contributed by atoms with Crippen molar-refractivity contribution in [1.82, 2.24) is 15.5 Å². The highest BCUT2D eigenvalue weighted by Crippen LogP contribution is 2.32. The second-order valence-corrected chi connectivity index (χ2v) is 12.7. The minimum Gasteiger partial charge on any atom is -0.489 e. The van der Waals surface area contributed by atoms with Crippen molar-refractivity contribution < 1.29 is 13.9 Å². The van der Waals surface area contributed by atoms with E-state index in [1.807, 2.05) is 18.2 Å². The van der Waals surface area contributed by atoms with Crippen molar-refractivity contribution >= 4 is 43.3 Å². The van der Waals surface area contributed by atoms with Crippen LogP contribution in [0.4, 0.5) is 4.39 Å². The number of amides is 1. The molecular formula is C32H33BrFN3O2S. The van der Waals surface area contributed by atoms with Gasteiger partial charge in [0, 0.05) is 30.4 Å². The molecule has 0 unspecified atom stereocenters. The van der Waals surface area contributed by atoms with Crippen LogP contribution >= 0.6 is 27.3 Å². The molecular weight excluding hydrogens is 589 g/mol. The fourth-order valence-electron chi connectivity index (χ4n) is 5.55. The van der Waals surface area contributed by atoms with Crippen LogP contribution in [-0.4, -0.2) is 49.1 Å². The Balaban J connectivity index is 1.01. The van der Waals surface area contributed by atoms with Gasteiger partial charge < -0.3 is 15.4 Å². The molecule has 1 amide bonds. The molecule has 2 aliphatic heterocycles. The van der Waals surface area contributed by atoms with Crippen molar-refractivity contribution in [3.05, 3.63) is 87.5 Å². The second-order valence-electron chi connectivity index (χ2n) is 10.7. The van der Waals surface area contributed by atoms with Gasteiger partial charge in [-0.3, -0.25) is 9.69 Å². The molecule has 0 spiro atoms. The monoisotopic (exact) mass is 621 g/mol. The van der Waals surface area contributed by atoms with Crippen LogP contribution in [0.1, 0.15) is 40.9 Å². The summed E-state index contributed by atoms with van der Waals surface area (Å²) in [6.45, 7) is 4.81. The maximum Gasteiger partial charge on any atom is 0.261 e. The Bertz CT molecular complexity index is 1480. The van der Waals surface area contributed by atoms with Crippen molar-refractivity contribution in [2.75, 3.05) is 26.2 Å². The molecule has 3 heterocycles. The molecule has 40 heavy (non-hydrogen) atoms. The summed E-state index contributed by atoms with van der Waals surface area (Å²) in [7, 11) is 0. The first-order valence-electron chi connectivity index (χ1n) is 14.0. The molecule has 6 rings (SSSR count). The first-order valence-corrected chi connectivity index (χ1v) is 15.6. The fraction of sp³-hybridized carbons (Fsp3) is 0.344. The largest absolute Gasteiger partial charge is 0.489 e. The molecule has 1 aromatic heterocycles. The number of carbonyl (C=O) groups excluding carboxylic acids is 1. The molecule has 8 heteroatoms. The number of rotatable bonds is 7. The molecule has 0 aliphatic carbocycles. The number of carbonyl (C=O) groups is 1. The van der Waals surface area contributed by atoms with Gasteiger partial charge in [0.25, 0.3) is 5.91 Å². The van der Waals surface area contributed by atoms with Gasteiger partial charge in [0.15, 0.2) is 0 Å². The predicted octanol–water partition coefficient (Wildman–Crippen LogP) is 7.00. The topological polar surface area (TPSA) is 53.6 Å². The number of nitrogens with one attached hydrogen (secondary N) is 2. The van der Waals surface area contributed by atoms with Gasteiger partial charge in [-0.1, -0.05) is 30.3 Å². The Labute approximate surface area is 246 Å². The normalized spacial score (nSPS) is 17.2. The number of hydrogen-bond donors (Lipinski definition) is 2. The lowest BCUT2D eigenvalue weighted by atomic mass is 10.0. The quantitative estimate of drug-likeness (QED) is 0.233. The lowest BCUT2D eigenvalue weighted by molar-refractivity contribution is 0.0913. The molecule has 0 bridgehead atoms. The molecule has 5 nitrogen and oxygen atoms in total. The Kier molecular flexibility index (Phi) is 8.48. The maximum absolute atomic E-state index is 13.3. The highest BCUT2D eigenvalue weighted by atomic mass is 79.9. The van der Waals surface area contributed by atoms with E-state index in [4.69, 9.17) is 4.74 Å². The number of fused-ring (bicyclic) bond motifs is 1. The van der Waals surface area contributed by atoms with Gasteiger partial charge in [0.2, 0.25) is 0 Å². The second kappa shape index (κ2) is 12.4. The lowest BCUT2D eigenvalue weighted by Gasteiger charge is -2.32. The van der Waals surface area contributed by atoms with E-state index in [1.54, 1.807) is 12.1 Å². The average molecular weight is 623 g/mol. The van der Waals surface area contributed by atoms with E-state index in [1.165, 1.54) is 29.0 Å². The summed E-state index contributed by atoms with van der Waals surface area (Å²) in [5.74, 6) is 0.673. The zero-order valence-electron chi connectivity index (χ0n) is 22.3. The van der Waals surface area contributed by atoms with Gasteiger partial charge >= 0.3 is 0 Å². The molecule has 208 valence electrons. The third-order valence-corrected chi connectivity index (χ3v) is 9.54. The van der Waals surface area contributed by atoms with E-state index in [0.717, 1.165) is 94.7 Å². The fourth-order valence-corrected chi connectivity index (χ4v) is 7.07. The van der Waals surface area contributed by atoms with Crippen molar-refractivity contribution in [2.45, 2.75) is 44.4 Å². The zero-order chi connectivity index (χ0) is 27.5. The third kappa shape index (κ3) is 6.57. The lowest BCUT2D eigenvalue weighted by Crippen LogP contribution is -2.44. The van der Waals surface area contributed by atoms with Crippen LogP contribution in [0.2, 0.25) is 0 Å². The number of ether oxygens (including phenoxy) is 1. The number of nitrogens with zero attached hydrogens (tertiary/aromatic N) is 1. The molecule has 0 radical (unpaired) electrons. The number of thiophene rings is 1. The number of benzene rings is 3. The van der Waals surface area contributed by atoms with E-state index in [-0.39, 0.29) is 23.9 Å². The highest BCUT2D eigenvalue weighted by Gasteiger charge is 2.23. The summed E-state index contributed by atoms with van der Waals surface area (Å²) < 4.78 is 21.6. The predicted molar refractivity (Wildman–Crippen MR) is 164 cm³/mol. The van der Waals surface area contributed by atoms with Gasteiger partial charge in [-0.25, -0.2) is 4.39 Å². The maximum atomic E-state index is 13.3. The van der Waals surface area contributed by atoms with E-state index in [0.29, 0.717) is 0 Å². The molecule has 2 saturated heterocycles.